The summed E-state index contributed by atoms with van der Waals surface area (Å²) in [4.78, 5) is 31.3. The smallest absolute Gasteiger partial charge is 0.290 e. The lowest BCUT2D eigenvalue weighted by atomic mass is 10.2. The van der Waals surface area contributed by atoms with E-state index >= 15 is 0 Å². The van der Waals surface area contributed by atoms with E-state index in [2.05, 4.69) is 15.4 Å². The van der Waals surface area contributed by atoms with Crippen LogP contribution in [0.25, 0.3) is 0 Å². The first kappa shape index (κ1) is 18.0. The highest BCUT2D eigenvalue weighted by Gasteiger charge is 2.28. The SMILES string of the molecule is Cc1cc(CNC(=O)c2cn3c(n2)C(=O)N(Cc2ccccc2)CC3)n(C)n1. The fraction of sp³-hybridized carbons (Fsp3) is 0.300. The summed E-state index contributed by atoms with van der Waals surface area (Å²) < 4.78 is 3.49. The van der Waals surface area contributed by atoms with E-state index in [1.165, 1.54) is 0 Å². The van der Waals surface area contributed by atoms with Gasteiger partial charge in [0.1, 0.15) is 5.69 Å². The minimum atomic E-state index is -0.303. The number of hydrogen-bond donors (Lipinski definition) is 1. The Labute approximate surface area is 162 Å². The molecule has 8 nitrogen and oxygen atoms in total. The first-order chi connectivity index (χ1) is 13.5. The van der Waals surface area contributed by atoms with Gasteiger partial charge in [-0.25, -0.2) is 4.98 Å². The lowest BCUT2D eigenvalue weighted by Gasteiger charge is -2.27. The number of imidazole rings is 1. The van der Waals surface area contributed by atoms with Gasteiger partial charge in [-0.15, -0.1) is 0 Å². The number of benzene rings is 1. The van der Waals surface area contributed by atoms with E-state index in [1.54, 1.807) is 20.3 Å². The zero-order chi connectivity index (χ0) is 19.7. The molecule has 3 heterocycles. The molecule has 1 aliphatic rings. The third-order valence-corrected chi connectivity index (χ3v) is 4.84. The molecule has 144 valence electrons. The first-order valence-corrected chi connectivity index (χ1v) is 9.19. The van der Waals surface area contributed by atoms with Crippen LogP contribution in [0.5, 0.6) is 0 Å². The lowest BCUT2D eigenvalue weighted by Crippen LogP contribution is -2.39. The number of rotatable bonds is 5. The van der Waals surface area contributed by atoms with E-state index in [0.717, 1.165) is 17.0 Å². The van der Waals surface area contributed by atoms with Gasteiger partial charge < -0.3 is 14.8 Å². The van der Waals surface area contributed by atoms with Crippen LogP contribution >= 0.6 is 0 Å². The monoisotopic (exact) mass is 378 g/mol. The number of amides is 2. The van der Waals surface area contributed by atoms with Crippen molar-refractivity contribution in [2.75, 3.05) is 6.54 Å². The van der Waals surface area contributed by atoms with Crippen LogP contribution in [0.1, 0.15) is 38.1 Å². The van der Waals surface area contributed by atoms with Crippen LogP contribution < -0.4 is 5.32 Å². The van der Waals surface area contributed by atoms with Crippen molar-refractivity contribution in [3.05, 3.63) is 71.1 Å². The van der Waals surface area contributed by atoms with Gasteiger partial charge in [-0.05, 0) is 18.6 Å². The van der Waals surface area contributed by atoms with E-state index in [0.29, 0.717) is 32.0 Å². The summed E-state index contributed by atoms with van der Waals surface area (Å²) in [5.41, 5.74) is 3.12. The second-order valence-corrected chi connectivity index (χ2v) is 6.94. The summed E-state index contributed by atoms with van der Waals surface area (Å²) in [6.45, 7) is 4.00. The minimum Gasteiger partial charge on any atom is -0.345 e. The molecule has 0 bridgehead atoms. The Kier molecular flexibility index (Phi) is 4.68. The van der Waals surface area contributed by atoms with Crippen molar-refractivity contribution in [3.8, 4) is 0 Å². The lowest BCUT2D eigenvalue weighted by molar-refractivity contribution is 0.0683. The minimum absolute atomic E-state index is 0.156. The van der Waals surface area contributed by atoms with E-state index < -0.39 is 0 Å². The first-order valence-electron chi connectivity index (χ1n) is 9.19. The van der Waals surface area contributed by atoms with Crippen molar-refractivity contribution in [3.63, 3.8) is 0 Å². The molecule has 0 aliphatic carbocycles. The molecule has 2 amide bonds. The number of aromatic nitrogens is 4. The maximum Gasteiger partial charge on any atom is 0.290 e. The van der Waals surface area contributed by atoms with Crippen LogP contribution in [0, 0.1) is 6.92 Å². The Morgan fingerprint density at radius 3 is 2.71 bits per heavy atom. The van der Waals surface area contributed by atoms with Gasteiger partial charge in [0.05, 0.1) is 17.9 Å². The molecule has 0 unspecified atom stereocenters. The van der Waals surface area contributed by atoms with Gasteiger partial charge in [0.2, 0.25) is 0 Å². The van der Waals surface area contributed by atoms with E-state index in [4.69, 9.17) is 0 Å². The molecule has 8 heteroatoms. The number of carbonyl (C=O) groups excluding carboxylic acids is 2. The molecule has 0 saturated heterocycles. The van der Waals surface area contributed by atoms with Crippen molar-refractivity contribution in [2.24, 2.45) is 7.05 Å². The maximum atomic E-state index is 12.8. The Bertz CT molecular complexity index is 1020. The second-order valence-electron chi connectivity index (χ2n) is 6.94. The Morgan fingerprint density at radius 2 is 2.00 bits per heavy atom. The summed E-state index contributed by atoms with van der Waals surface area (Å²) in [6, 6.07) is 11.8. The predicted molar refractivity (Wildman–Crippen MR) is 103 cm³/mol. The van der Waals surface area contributed by atoms with Gasteiger partial charge in [0.15, 0.2) is 5.82 Å². The fourth-order valence-electron chi connectivity index (χ4n) is 3.38. The number of hydrogen-bond acceptors (Lipinski definition) is 4. The zero-order valence-corrected chi connectivity index (χ0v) is 15.9. The summed E-state index contributed by atoms with van der Waals surface area (Å²) in [6.07, 6.45) is 1.65. The highest BCUT2D eigenvalue weighted by atomic mass is 16.2. The molecule has 3 aromatic rings. The second kappa shape index (κ2) is 7.30. The normalized spacial score (nSPS) is 13.5. The largest absolute Gasteiger partial charge is 0.345 e. The number of aryl methyl sites for hydroxylation is 2. The maximum absolute atomic E-state index is 12.8. The molecule has 2 aromatic heterocycles. The number of fused-ring (bicyclic) bond motifs is 1. The van der Waals surface area contributed by atoms with Crippen LogP contribution in [0.2, 0.25) is 0 Å². The van der Waals surface area contributed by atoms with Crippen molar-refractivity contribution >= 4 is 11.8 Å². The number of nitrogens with one attached hydrogen (secondary N) is 1. The van der Waals surface area contributed by atoms with E-state index in [9.17, 15) is 9.59 Å². The van der Waals surface area contributed by atoms with Crippen molar-refractivity contribution in [1.82, 2.24) is 29.5 Å². The molecule has 0 atom stereocenters. The van der Waals surface area contributed by atoms with Crippen LogP contribution in [0.3, 0.4) is 0 Å². The molecule has 1 aliphatic heterocycles. The van der Waals surface area contributed by atoms with Gasteiger partial charge in [0.25, 0.3) is 11.8 Å². The summed E-state index contributed by atoms with van der Waals surface area (Å²) >= 11 is 0. The van der Waals surface area contributed by atoms with Crippen molar-refractivity contribution < 1.29 is 9.59 Å². The number of carbonyl (C=O) groups is 2. The van der Waals surface area contributed by atoms with Gasteiger partial charge in [-0.3, -0.25) is 14.3 Å². The quantitative estimate of drug-likeness (QED) is 0.729. The molecule has 0 fully saturated rings. The van der Waals surface area contributed by atoms with E-state index in [1.807, 2.05) is 50.4 Å². The molecular formula is C20H22N6O2. The fourth-order valence-corrected chi connectivity index (χ4v) is 3.38. The Balaban J connectivity index is 1.44. The molecule has 0 radical (unpaired) electrons. The predicted octanol–water partition coefficient (Wildman–Crippen LogP) is 1.51. The zero-order valence-electron chi connectivity index (χ0n) is 15.9. The van der Waals surface area contributed by atoms with Crippen LogP contribution in [-0.2, 0) is 26.7 Å². The topological polar surface area (TPSA) is 85.0 Å². The van der Waals surface area contributed by atoms with Crippen molar-refractivity contribution in [2.45, 2.75) is 26.6 Å². The number of nitrogens with zero attached hydrogens (tertiary/aromatic N) is 5. The van der Waals surface area contributed by atoms with Crippen LogP contribution in [0.15, 0.2) is 42.6 Å². The standard InChI is InChI=1S/C20H22N6O2/c1-14-10-16(24(2)23-14)11-21-19(27)17-13-25-8-9-26(20(28)18(25)22-17)12-15-6-4-3-5-7-15/h3-7,10,13H,8-9,11-12H2,1-2H3,(H,21,27). The van der Waals surface area contributed by atoms with Crippen LogP contribution in [0.4, 0.5) is 0 Å². The molecular weight excluding hydrogens is 356 g/mol. The van der Waals surface area contributed by atoms with Crippen LogP contribution in [-0.4, -0.2) is 42.6 Å². The molecule has 1 aromatic carbocycles. The van der Waals surface area contributed by atoms with Crippen molar-refractivity contribution in [1.29, 1.82) is 0 Å². The third kappa shape index (κ3) is 3.53. The van der Waals surface area contributed by atoms with Gasteiger partial charge in [-0.2, -0.15) is 5.10 Å². The Morgan fingerprint density at radius 1 is 1.21 bits per heavy atom. The van der Waals surface area contributed by atoms with E-state index in [-0.39, 0.29) is 17.5 Å². The molecule has 4 rings (SSSR count). The summed E-state index contributed by atoms with van der Waals surface area (Å²) in [5.74, 6) is -0.150. The molecule has 28 heavy (non-hydrogen) atoms. The molecule has 1 N–H and O–H groups in total. The highest BCUT2D eigenvalue weighted by molar-refractivity contribution is 5.96. The average molecular weight is 378 g/mol. The highest BCUT2D eigenvalue weighted by Crippen LogP contribution is 2.16. The Hall–Kier alpha value is -3.42. The molecule has 0 saturated carbocycles. The summed E-state index contributed by atoms with van der Waals surface area (Å²) in [7, 11) is 1.84. The molecule has 0 spiro atoms. The third-order valence-electron chi connectivity index (χ3n) is 4.84. The van der Waals surface area contributed by atoms with Gasteiger partial charge in [-0.1, -0.05) is 30.3 Å². The van der Waals surface area contributed by atoms with Gasteiger partial charge >= 0.3 is 0 Å². The summed E-state index contributed by atoms with van der Waals surface area (Å²) in [5, 5.41) is 7.11. The van der Waals surface area contributed by atoms with Gasteiger partial charge in [0, 0.05) is 32.9 Å². The average Bonchev–Trinajstić information content (AvgIpc) is 3.26.